The molecule has 1 unspecified atom stereocenters. The van der Waals surface area contributed by atoms with Crippen LogP contribution in [0.1, 0.15) is 11.1 Å². The molecule has 3 nitrogen and oxygen atoms in total. The van der Waals surface area contributed by atoms with Crippen molar-refractivity contribution >= 4 is 17.7 Å². The van der Waals surface area contributed by atoms with Gasteiger partial charge in [0.1, 0.15) is 5.75 Å². The molecule has 1 amide bonds. The van der Waals surface area contributed by atoms with Gasteiger partial charge in [-0.15, -0.1) is 11.8 Å². The molecule has 0 saturated heterocycles. The average molecular weight is 285 g/mol. The fourth-order valence-electron chi connectivity index (χ4n) is 2.30. The first kappa shape index (κ1) is 13.1. The molecule has 2 aromatic carbocycles. The summed E-state index contributed by atoms with van der Waals surface area (Å²) in [5.41, 5.74) is 2.15. The predicted molar refractivity (Wildman–Crippen MR) is 79.7 cm³/mol. The Kier molecular flexibility index (Phi) is 3.65. The van der Waals surface area contributed by atoms with Crippen molar-refractivity contribution in [1.29, 1.82) is 0 Å². The highest BCUT2D eigenvalue weighted by molar-refractivity contribution is 8.01. The summed E-state index contributed by atoms with van der Waals surface area (Å²) in [7, 11) is 0. The Bertz CT molecular complexity index is 617. The minimum Gasteiger partial charge on any atom is -0.508 e. The maximum atomic E-state index is 12.2. The molecule has 2 N–H and O–H groups in total. The van der Waals surface area contributed by atoms with Crippen LogP contribution < -0.4 is 5.32 Å². The number of hydrogen-bond acceptors (Lipinski definition) is 3. The second-order valence-corrected chi connectivity index (χ2v) is 6.05. The lowest BCUT2D eigenvalue weighted by Crippen LogP contribution is -2.31. The van der Waals surface area contributed by atoms with Crippen LogP contribution in [0.4, 0.5) is 0 Å². The van der Waals surface area contributed by atoms with Crippen molar-refractivity contribution in [1.82, 2.24) is 5.32 Å². The van der Waals surface area contributed by atoms with Crippen LogP contribution in [-0.2, 0) is 17.8 Å². The van der Waals surface area contributed by atoms with Crippen LogP contribution in [0.15, 0.2) is 53.4 Å². The third-order valence-corrected chi connectivity index (χ3v) is 4.63. The number of hydrogen-bond donors (Lipinski definition) is 2. The first-order chi connectivity index (χ1) is 9.72. The van der Waals surface area contributed by atoms with Crippen LogP contribution in [-0.4, -0.2) is 16.3 Å². The van der Waals surface area contributed by atoms with Gasteiger partial charge in [-0.1, -0.05) is 30.3 Å². The van der Waals surface area contributed by atoms with E-state index in [4.69, 9.17) is 0 Å². The van der Waals surface area contributed by atoms with E-state index in [2.05, 4.69) is 17.4 Å². The van der Waals surface area contributed by atoms with Crippen molar-refractivity contribution < 1.29 is 9.90 Å². The molecule has 0 aromatic heterocycles. The van der Waals surface area contributed by atoms with Crippen molar-refractivity contribution in [2.45, 2.75) is 23.1 Å². The summed E-state index contributed by atoms with van der Waals surface area (Å²) in [6, 6.07) is 15.1. The summed E-state index contributed by atoms with van der Waals surface area (Å²) >= 11 is 1.62. The molecule has 0 aliphatic carbocycles. The Hall–Kier alpha value is -1.94. The van der Waals surface area contributed by atoms with E-state index >= 15 is 0 Å². The minimum atomic E-state index is -0.0512. The minimum absolute atomic E-state index is 0.0505. The third-order valence-electron chi connectivity index (χ3n) is 3.32. The Labute approximate surface area is 122 Å². The van der Waals surface area contributed by atoms with E-state index in [0.717, 1.165) is 12.0 Å². The highest BCUT2D eigenvalue weighted by Gasteiger charge is 2.27. The smallest absolute Gasteiger partial charge is 0.234 e. The van der Waals surface area contributed by atoms with Crippen LogP contribution in [0, 0.1) is 0 Å². The summed E-state index contributed by atoms with van der Waals surface area (Å²) in [6.45, 7) is 0.445. The molecule has 1 atom stereocenters. The molecule has 102 valence electrons. The molecule has 3 rings (SSSR count). The number of thioether (sulfide) groups is 1. The zero-order chi connectivity index (χ0) is 13.9. The largest absolute Gasteiger partial charge is 0.508 e. The summed E-state index contributed by atoms with van der Waals surface area (Å²) in [5.74, 6) is 0.272. The molecule has 0 fully saturated rings. The first-order valence-corrected chi connectivity index (χ1v) is 7.40. The molecular formula is C16H15NO2S. The van der Waals surface area contributed by atoms with E-state index in [1.54, 1.807) is 30.0 Å². The van der Waals surface area contributed by atoms with Gasteiger partial charge < -0.3 is 10.4 Å². The van der Waals surface area contributed by atoms with Gasteiger partial charge in [-0.25, -0.2) is 0 Å². The molecule has 0 saturated carbocycles. The third kappa shape index (κ3) is 2.80. The van der Waals surface area contributed by atoms with E-state index < -0.39 is 0 Å². The van der Waals surface area contributed by atoms with Gasteiger partial charge in [-0.05, 0) is 35.7 Å². The second-order valence-electron chi connectivity index (χ2n) is 4.81. The predicted octanol–water partition coefficient (Wildman–Crippen LogP) is 2.73. The number of nitrogens with one attached hydrogen (secondary N) is 1. The van der Waals surface area contributed by atoms with Crippen LogP contribution in [0.25, 0.3) is 0 Å². The topological polar surface area (TPSA) is 49.3 Å². The average Bonchev–Trinajstić information content (AvgIpc) is 2.89. The van der Waals surface area contributed by atoms with Crippen molar-refractivity contribution in [3.8, 4) is 5.75 Å². The van der Waals surface area contributed by atoms with Gasteiger partial charge in [0, 0.05) is 11.4 Å². The highest BCUT2D eigenvalue weighted by atomic mass is 32.2. The molecule has 0 bridgehead atoms. The normalized spacial score (nSPS) is 16.7. The van der Waals surface area contributed by atoms with Gasteiger partial charge in [0.05, 0.1) is 5.25 Å². The Balaban J connectivity index is 1.59. The van der Waals surface area contributed by atoms with Crippen molar-refractivity contribution in [2.75, 3.05) is 0 Å². The molecular weight excluding hydrogens is 270 g/mol. The number of phenolic OH excluding ortho intramolecular Hbond substituents is 1. The lowest BCUT2D eigenvalue weighted by Gasteiger charge is -2.10. The fraction of sp³-hybridized carbons (Fsp3) is 0.188. The van der Waals surface area contributed by atoms with Gasteiger partial charge in [0.2, 0.25) is 5.91 Å². The van der Waals surface area contributed by atoms with Crippen LogP contribution in [0.5, 0.6) is 5.75 Å². The van der Waals surface area contributed by atoms with Crippen molar-refractivity contribution in [3.05, 3.63) is 59.7 Å². The van der Waals surface area contributed by atoms with E-state index in [1.807, 2.05) is 18.2 Å². The number of phenols is 1. The molecule has 20 heavy (non-hydrogen) atoms. The van der Waals surface area contributed by atoms with E-state index in [0.29, 0.717) is 6.54 Å². The summed E-state index contributed by atoms with van der Waals surface area (Å²) in [6.07, 6.45) is 0.784. The Morgan fingerprint density at radius 3 is 2.90 bits per heavy atom. The number of carbonyl (C=O) groups is 1. The lowest BCUT2D eigenvalue weighted by molar-refractivity contribution is -0.120. The highest BCUT2D eigenvalue weighted by Crippen LogP contribution is 2.36. The van der Waals surface area contributed by atoms with Crippen molar-refractivity contribution in [2.24, 2.45) is 0 Å². The monoisotopic (exact) mass is 285 g/mol. The Morgan fingerprint density at radius 2 is 2.10 bits per heavy atom. The van der Waals surface area contributed by atoms with E-state index in [9.17, 15) is 9.90 Å². The van der Waals surface area contributed by atoms with Gasteiger partial charge in [-0.3, -0.25) is 4.79 Å². The maximum absolute atomic E-state index is 12.2. The van der Waals surface area contributed by atoms with Gasteiger partial charge in [-0.2, -0.15) is 0 Å². The van der Waals surface area contributed by atoms with Crippen LogP contribution in [0.3, 0.4) is 0 Å². The van der Waals surface area contributed by atoms with Crippen molar-refractivity contribution in [3.63, 3.8) is 0 Å². The summed E-state index contributed by atoms with van der Waals surface area (Å²) in [4.78, 5) is 13.4. The Morgan fingerprint density at radius 1 is 1.25 bits per heavy atom. The molecule has 0 radical (unpaired) electrons. The maximum Gasteiger partial charge on any atom is 0.234 e. The molecule has 4 heteroatoms. The molecule has 2 aromatic rings. The number of rotatable bonds is 3. The zero-order valence-corrected chi connectivity index (χ0v) is 11.7. The lowest BCUT2D eigenvalue weighted by atomic mass is 10.1. The number of carbonyl (C=O) groups excluding carboxylic acids is 1. The van der Waals surface area contributed by atoms with Crippen LogP contribution >= 0.6 is 11.8 Å². The molecule has 1 heterocycles. The fourth-order valence-corrected chi connectivity index (χ4v) is 3.52. The quantitative estimate of drug-likeness (QED) is 0.911. The summed E-state index contributed by atoms with van der Waals surface area (Å²) < 4.78 is 0. The molecule has 1 aliphatic rings. The number of amides is 1. The standard InChI is InChI=1S/C16H15NO2S/c18-13-6-3-4-11(8-13)10-17-16(19)15-9-12-5-1-2-7-14(12)20-15/h1-8,15,18H,9-10H2,(H,17,19). The number of benzene rings is 2. The van der Waals surface area contributed by atoms with Gasteiger partial charge in [0.15, 0.2) is 0 Å². The zero-order valence-electron chi connectivity index (χ0n) is 10.9. The molecule has 1 aliphatic heterocycles. The SMILES string of the molecule is O=C(NCc1cccc(O)c1)C1Cc2ccccc2S1. The second kappa shape index (κ2) is 5.59. The van der Waals surface area contributed by atoms with Gasteiger partial charge in [0.25, 0.3) is 0 Å². The number of aromatic hydroxyl groups is 1. The van der Waals surface area contributed by atoms with Gasteiger partial charge >= 0.3 is 0 Å². The van der Waals surface area contributed by atoms with E-state index in [-0.39, 0.29) is 16.9 Å². The van der Waals surface area contributed by atoms with Crippen LogP contribution in [0.2, 0.25) is 0 Å². The van der Waals surface area contributed by atoms with E-state index in [1.165, 1.54) is 10.5 Å². The molecule has 0 spiro atoms. The summed E-state index contributed by atoms with van der Waals surface area (Å²) in [5, 5.41) is 12.3. The number of fused-ring (bicyclic) bond motifs is 1. The first-order valence-electron chi connectivity index (χ1n) is 6.52.